The topological polar surface area (TPSA) is 181 Å². The molecule has 0 aliphatic heterocycles. The molecule has 0 unspecified atom stereocenters. The first-order valence-electron chi connectivity index (χ1n) is 17.9. The van der Waals surface area contributed by atoms with E-state index in [-0.39, 0.29) is 62.6 Å². The second kappa shape index (κ2) is 17.6. The number of para-hydroxylation sites is 3. The third-order valence-corrected chi connectivity index (χ3v) is 11.4. The molecule has 0 saturated carbocycles. The summed E-state index contributed by atoms with van der Waals surface area (Å²) in [4.78, 5) is 40.2. The Kier molecular flexibility index (Phi) is 12.6. The van der Waals surface area contributed by atoms with Crippen molar-refractivity contribution in [2.45, 2.75) is 25.3 Å². The van der Waals surface area contributed by atoms with Crippen molar-refractivity contribution in [3.8, 4) is 5.75 Å². The van der Waals surface area contributed by atoms with Crippen LogP contribution in [0.5, 0.6) is 5.75 Å². The first-order chi connectivity index (χ1) is 27.7. The van der Waals surface area contributed by atoms with E-state index < -0.39 is 31.5 Å². The molecule has 1 aromatic heterocycles. The zero-order valence-corrected chi connectivity index (χ0v) is 34.3. The molecule has 0 aliphatic carbocycles. The third kappa shape index (κ3) is 9.54. The molecule has 0 atom stereocenters. The molecular formula is C41H40ClN7O7S2. The van der Waals surface area contributed by atoms with Crippen molar-refractivity contribution in [2.75, 3.05) is 41.4 Å². The van der Waals surface area contributed by atoms with Crippen molar-refractivity contribution in [1.29, 1.82) is 0 Å². The fourth-order valence-electron chi connectivity index (χ4n) is 6.16. The summed E-state index contributed by atoms with van der Waals surface area (Å²) in [5, 5.41) is 3.15. The highest BCUT2D eigenvalue weighted by molar-refractivity contribution is 7.92. The molecule has 5 aromatic carbocycles. The fourth-order valence-corrected chi connectivity index (χ4v) is 7.96. The van der Waals surface area contributed by atoms with Gasteiger partial charge in [0.05, 0.1) is 51.2 Å². The molecule has 300 valence electrons. The highest BCUT2D eigenvalue weighted by atomic mass is 35.5. The summed E-state index contributed by atoms with van der Waals surface area (Å²) >= 11 is 6.23. The minimum atomic E-state index is -4.23. The van der Waals surface area contributed by atoms with Gasteiger partial charge in [0, 0.05) is 31.0 Å². The Morgan fingerprint density at radius 2 is 1.59 bits per heavy atom. The van der Waals surface area contributed by atoms with E-state index >= 15 is 0 Å². The average molecular weight is 842 g/mol. The summed E-state index contributed by atoms with van der Waals surface area (Å²) in [6, 6.07) is 32.1. The first kappa shape index (κ1) is 41.6. The quantitative estimate of drug-likeness (QED) is 0.0956. The van der Waals surface area contributed by atoms with Crippen LogP contribution in [0.4, 0.5) is 28.4 Å². The highest BCUT2D eigenvalue weighted by Crippen LogP contribution is 2.32. The zero-order chi connectivity index (χ0) is 41.6. The number of fused-ring (bicyclic) bond motifs is 1. The molecule has 6 aromatic rings. The van der Waals surface area contributed by atoms with Crippen molar-refractivity contribution in [3.05, 3.63) is 142 Å². The van der Waals surface area contributed by atoms with Gasteiger partial charge in [0.25, 0.3) is 21.5 Å². The zero-order valence-electron chi connectivity index (χ0n) is 31.9. The predicted molar refractivity (Wildman–Crippen MR) is 229 cm³/mol. The normalized spacial score (nSPS) is 12.0. The molecule has 0 radical (unpaired) electrons. The number of methoxy groups -OCH3 is 1. The largest absolute Gasteiger partial charge is 0.495 e. The molecule has 0 aliphatic rings. The second-order valence-electron chi connectivity index (χ2n) is 13.0. The highest BCUT2D eigenvalue weighted by Gasteiger charge is 2.26. The van der Waals surface area contributed by atoms with Gasteiger partial charge < -0.3 is 15.0 Å². The van der Waals surface area contributed by atoms with Gasteiger partial charge in [-0.05, 0) is 92.2 Å². The van der Waals surface area contributed by atoms with Crippen LogP contribution >= 0.6 is 11.6 Å². The standard InChI is InChI=1S/C41H40ClN7O7S2/c1-5-48(28-13-7-6-8-14-28)29-19-21-33(27(2)25-29)44-38(39-45-34-17-11-9-15-31(34)41(51)49(39)24-23-43-57(4,52)53)40(50)46-36-26-30(20-22-37(36)56-3)58(54,55)47-35-18-12-10-16-32(35)42/h6-22,25-26,43,47H,5,23-24H2,1-4H3,(H,46,50). The Bertz CT molecular complexity index is 2820. The summed E-state index contributed by atoms with van der Waals surface area (Å²) in [6.07, 6.45) is 0.991. The number of aryl methyl sites for hydroxylation is 1. The molecule has 14 nitrogen and oxygen atoms in total. The number of nitrogens with zero attached hydrogens (tertiary/aromatic N) is 4. The molecule has 0 spiro atoms. The molecule has 0 fully saturated rings. The molecular weight excluding hydrogens is 802 g/mol. The van der Waals surface area contributed by atoms with Gasteiger partial charge in [0.2, 0.25) is 10.0 Å². The number of carbonyl (C=O) groups excluding carboxylic acids is 1. The molecule has 0 saturated heterocycles. The number of carbonyl (C=O) groups is 1. The molecule has 1 amide bonds. The van der Waals surface area contributed by atoms with E-state index in [9.17, 15) is 26.4 Å². The van der Waals surface area contributed by atoms with Gasteiger partial charge in [-0.25, -0.2) is 31.5 Å². The summed E-state index contributed by atoms with van der Waals surface area (Å²) in [5.74, 6) is -0.920. The van der Waals surface area contributed by atoms with E-state index in [1.807, 2.05) is 56.3 Å². The number of halogens is 1. The van der Waals surface area contributed by atoms with Gasteiger partial charge >= 0.3 is 0 Å². The number of anilines is 4. The van der Waals surface area contributed by atoms with Gasteiger partial charge in [-0.15, -0.1) is 0 Å². The Labute approximate surface area is 341 Å². The van der Waals surface area contributed by atoms with Crippen LogP contribution in [0.25, 0.3) is 10.9 Å². The van der Waals surface area contributed by atoms with Crippen LogP contribution in [0.2, 0.25) is 5.02 Å². The van der Waals surface area contributed by atoms with E-state index in [0.29, 0.717) is 17.8 Å². The smallest absolute Gasteiger partial charge is 0.278 e. The lowest BCUT2D eigenvalue weighted by molar-refractivity contribution is -0.110. The van der Waals surface area contributed by atoms with Crippen LogP contribution in [-0.4, -0.2) is 64.5 Å². The van der Waals surface area contributed by atoms with Gasteiger partial charge in [0.1, 0.15) is 5.75 Å². The SMILES string of the molecule is CCN(c1ccccc1)c1ccc(N=C(C(=O)Nc2cc(S(=O)(=O)Nc3ccccc3Cl)ccc2OC)c2nc3ccccc3c(=O)n2CCNS(C)(=O)=O)c(C)c1. The average Bonchev–Trinajstić information content (AvgIpc) is 3.19. The monoisotopic (exact) mass is 841 g/mol. The van der Waals surface area contributed by atoms with E-state index in [1.54, 1.807) is 42.5 Å². The van der Waals surface area contributed by atoms with Crippen molar-refractivity contribution in [2.24, 2.45) is 4.99 Å². The van der Waals surface area contributed by atoms with E-state index in [2.05, 4.69) is 19.7 Å². The van der Waals surface area contributed by atoms with Crippen LogP contribution in [0.1, 0.15) is 18.3 Å². The lowest BCUT2D eigenvalue weighted by Gasteiger charge is -2.24. The molecule has 0 bridgehead atoms. The number of rotatable bonds is 15. The number of aliphatic imine (C=N–C) groups is 1. The van der Waals surface area contributed by atoms with Crippen molar-refractivity contribution >= 4 is 82.6 Å². The summed E-state index contributed by atoms with van der Waals surface area (Å²) in [5.41, 5.74) is 2.42. The molecule has 3 N–H and O–H groups in total. The summed E-state index contributed by atoms with van der Waals surface area (Å²) in [7, 11) is -6.52. The van der Waals surface area contributed by atoms with E-state index in [1.165, 1.54) is 42.0 Å². The van der Waals surface area contributed by atoms with Gasteiger partial charge in [-0.3, -0.25) is 18.9 Å². The van der Waals surface area contributed by atoms with Crippen LogP contribution in [0.15, 0.2) is 130 Å². The lowest BCUT2D eigenvalue weighted by Crippen LogP contribution is -2.37. The molecule has 1 heterocycles. The lowest BCUT2D eigenvalue weighted by atomic mass is 10.1. The number of ether oxygens (including phenoxy) is 1. The van der Waals surface area contributed by atoms with Crippen molar-refractivity contribution in [3.63, 3.8) is 0 Å². The fraction of sp³-hybridized carbons (Fsp3) is 0.171. The van der Waals surface area contributed by atoms with E-state index in [4.69, 9.17) is 26.3 Å². The van der Waals surface area contributed by atoms with Crippen LogP contribution in [0.3, 0.4) is 0 Å². The van der Waals surface area contributed by atoms with Crippen molar-refractivity contribution in [1.82, 2.24) is 14.3 Å². The molecule has 58 heavy (non-hydrogen) atoms. The maximum atomic E-state index is 14.7. The molecule has 17 heteroatoms. The minimum absolute atomic E-state index is 0.0378. The van der Waals surface area contributed by atoms with E-state index in [0.717, 1.165) is 17.6 Å². The van der Waals surface area contributed by atoms with Crippen molar-refractivity contribution < 1.29 is 26.4 Å². The number of nitrogens with one attached hydrogen (secondary N) is 3. The van der Waals surface area contributed by atoms with Gasteiger partial charge in [-0.2, -0.15) is 0 Å². The number of hydrogen-bond donors (Lipinski definition) is 3. The van der Waals surface area contributed by atoms with Gasteiger partial charge in [0.15, 0.2) is 11.5 Å². The number of benzene rings is 5. The number of sulfonamides is 2. The first-order valence-corrected chi connectivity index (χ1v) is 21.7. The maximum Gasteiger partial charge on any atom is 0.278 e. The minimum Gasteiger partial charge on any atom is -0.495 e. The number of amides is 1. The number of hydrogen-bond acceptors (Lipinski definition) is 10. The predicted octanol–water partition coefficient (Wildman–Crippen LogP) is 6.63. The summed E-state index contributed by atoms with van der Waals surface area (Å²) in [6.45, 7) is 4.11. The maximum absolute atomic E-state index is 14.7. The molecule has 6 rings (SSSR count). The van der Waals surface area contributed by atoms with Gasteiger partial charge in [-0.1, -0.05) is 54.1 Å². The third-order valence-electron chi connectivity index (χ3n) is 8.94. The van der Waals surface area contributed by atoms with Crippen LogP contribution < -0.4 is 30.0 Å². The van der Waals surface area contributed by atoms with Crippen LogP contribution in [-0.2, 0) is 31.4 Å². The Morgan fingerprint density at radius 3 is 2.28 bits per heavy atom. The Morgan fingerprint density at radius 1 is 0.879 bits per heavy atom. The second-order valence-corrected chi connectivity index (χ2v) is 16.9. The Balaban J connectivity index is 1.49. The van der Waals surface area contributed by atoms with Crippen LogP contribution in [0, 0.1) is 6.92 Å². The summed E-state index contributed by atoms with van der Waals surface area (Å²) < 4.78 is 62.7. The Hall–Kier alpha value is -6.07. The number of aromatic nitrogens is 2.